The standard InChI is InChI=1S/C20H20N2O6S/c1-27-18-11-7-6-10-17(18)22(29(3,25)26)13-19(23)21-12-15(20(24)28-2)14-8-4-5-9-16(14)21/h4-12H,13H2,1-3H3. The lowest BCUT2D eigenvalue weighted by Crippen LogP contribution is -2.37. The van der Waals surface area contributed by atoms with Gasteiger partial charge in [0.25, 0.3) is 5.91 Å². The molecule has 152 valence electrons. The van der Waals surface area contributed by atoms with E-state index in [2.05, 4.69) is 0 Å². The Morgan fingerprint density at radius 1 is 1.03 bits per heavy atom. The number of rotatable bonds is 6. The van der Waals surface area contributed by atoms with E-state index in [4.69, 9.17) is 9.47 Å². The van der Waals surface area contributed by atoms with Crippen molar-refractivity contribution in [2.75, 3.05) is 31.3 Å². The van der Waals surface area contributed by atoms with Crippen molar-refractivity contribution < 1.29 is 27.5 Å². The summed E-state index contributed by atoms with van der Waals surface area (Å²) in [6, 6.07) is 13.4. The normalized spacial score (nSPS) is 11.3. The SMILES string of the molecule is COC(=O)c1cn(C(=O)CN(c2ccccc2OC)S(C)(=O)=O)c2ccccc12. The van der Waals surface area contributed by atoms with Crippen LogP contribution < -0.4 is 9.04 Å². The molecule has 0 aliphatic carbocycles. The van der Waals surface area contributed by atoms with E-state index in [1.165, 1.54) is 25.0 Å². The Morgan fingerprint density at radius 3 is 2.34 bits per heavy atom. The molecule has 3 aromatic rings. The van der Waals surface area contributed by atoms with Gasteiger partial charge in [-0.05, 0) is 18.2 Å². The Labute approximate surface area is 168 Å². The fraction of sp³-hybridized carbons (Fsp3) is 0.200. The van der Waals surface area contributed by atoms with Crippen LogP contribution in [0.25, 0.3) is 10.9 Å². The van der Waals surface area contributed by atoms with E-state index in [0.29, 0.717) is 16.7 Å². The molecule has 29 heavy (non-hydrogen) atoms. The molecule has 0 amide bonds. The van der Waals surface area contributed by atoms with Gasteiger partial charge in [-0.15, -0.1) is 0 Å². The highest BCUT2D eigenvalue weighted by Crippen LogP contribution is 2.30. The van der Waals surface area contributed by atoms with Crippen molar-refractivity contribution in [2.24, 2.45) is 0 Å². The van der Waals surface area contributed by atoms with Crippen LogP contribution >= 0.6 is 0 Å². The van der Waals surface area contributed by atoms with Crippen LogP contribution in [-0.4, -0.2) is 51.9 Å². The Hall–Kier alpha value is -3.33. The number of esters is 1. The molecule has 1 aromatic heterocycles. The smallest absolute Gasteiger partial charge is 0.340 e. The molecule has 9 heteroatoms. The Bertz CT molecular complexity index is 1180. The van der Waals surface area contributed by atoms with Gasteiger partial charge in [0, 0.05) is 11.6 Å². The van der Waals surface area contributed by atoms with Gasteiger partial charge in [0.15, 0.2) is 0 Å². The lowest BCUT2D eigenvalue weighted by Gasteiger charge is -2.23. The summed E-state index contributed by atoms with van der Waals surface area (Å²) in [7, 11) is -1.12. The molecule has 0 atom stereocenters. The van der Waals surface area contributed by atoms with Crippen molar-refractivity contribution in [1.82, 2.24) is 4.57 Å². The van der Waals surface area contributed by atoms with Crippen LogP contribution in [0.4, 0.5) is 5.69 Å². The summed E-state index contributed by atoms with van der Waals surface area (Å²) in [6.07, 6.45) is 2.38. The predicted molar refractivity (Wildman–Crippen MR) is 109 cm³/mol. The first kappa shape index (κ1) is 20.4. The van der Waals surface area contributed by atoms with Crippen LogP contribution in [0, 0.1) is 0 Å². The van der Waals surface area contributed by atoms with E-state index in [-0.39, 0.29) is 11.3 Å². The fourth-order valence-corrected chi connectivity index (χ4v) is 3.93. The zero-order valence-electron chi connectivity index (χ0n) is 16.2. The number of ether oxygens (including phenoxy) is 2. The van der Waals surface area contributed by atoms with Gasteiger partial charge in [0.1, 0.15) is 12.3 Å². The summed E-state index contributed by atoms with van der Waals surface area (Å²) >= 11 is 0. The molecule has 0 unspecified atom stereocenters. The van der Waals surface area contributed by atoms with E-state index in [0.717, 1.165) is 10.6 Å². The maximum Gasteiger partial charge on any atom is 0.340 e. The number of carbonyl (C=O) groups excluding carboxylic acids is 2. The number of anilines is 1. The number of aromatic nitrogens is 1. The summed E-state index contributed by atoms with van der Waals surface area (Å²) in [5, 5.41) is 0.538. The summed E-state index contributed by atoms with van der Waals surface area (Å²) in [5.41, 5.74) is 0.946. The number of para-hydroxylation sites is 3. The van der Waals surface area contributed by atoms with E-state index in [1.54, 1.807) is 48.5 Å². The summed E-state index contributed by atoms with van der Waals surface area (Å²) in [5.74, 6) is -0.802. The first-order chi connectivity index (χ1) is 13.8. The molecule has 3 rings (SSSR count). The highest BCUT2D eigenvalue weighted by Gasteiger charge is 2.26. The van der Waals surface area contributed by atoms with Crippen molar-refractivity contribution in [3.8, 4) is 5.75 Å². The minimum absolute atomic E-state index is 0.222. The quantitative estimate of drug-likeness (QED) is 0.573. The van der Waals surface area contributed by atoms with Gasteiger partial charge in [0.05, 0.1) is 37.2 Å². The van der Waals surface area contributed by atoms with Gasteiger partial charge in [-0.1, -0.05) is 30.3 Å². The molecule has 8 nitrogen and oxygen atoms in total. The van der Waals surface area contributed by atoms with Gasteiger partial charge in [0.2, 0.25) is 10.0 Å². The topological polar surface area (TPSA) is 94.9 Å². The first-order valence-electron chi connectivity index (χ1n) is 8.60. The van der Waals surface area contributed by atoms with E-state index < -0.39 is 28.4 Å². The van der Waals surface area contributed by atoms with Gasteiger partial charge >= 0.3 is 5.97 Å². The van der Waals surface area contributed by atoms with Crippen molar-refractivity contribution in [2.45, 2.75) is 0 Å². The third kappa shape index (κ3) is 3.95. The molecule has 0 saturated heterocycles. The fourth-order valence-electron chi connectivity index (χ4n) is 3.07. The van der Waals surface area contributed by atoms with Crippen LogP contribution in [-0.2, 0) is 14.8 Å². The van der Waals surface area contributed by atoms with Crippen LogP contribution in [0.15, 0.2) is 54.7 Å². The Kier molecular flexibility index (Phi) is 5.60. The summed E-state index contributed by atoms with van der Waals surface area (Å²) in [4.78, 5) is 25.2. The molecular formula is C20H20N2O6S. The average Bonchev–Trinajstić information content (AvgIpc) is 3.10. The summed E-state index contributed by atoms with van der Waals surface area (Å²) < 4.78 is 37.1. The number of hydrogen-bond acceptors (Lipinski definition) is 6. The van der Waals surface area contributed by atoms with Crippen LogP contribution in [0.1, 0.15) is 15.2 Å². The molecule has 1 heterocycles. The first-order valence-corrected chi connectivity index (χ1v) is 10.4. The second kappa shape index (κ2) is 7.96. The highest BCUT2D eigenvalue weighted by atomic mass is 32.2. The molecule has 0 saturated carbocycles. The molecule has 0 spiro atoms. The third-order valence-corrected chi connectivity index (χ3v) is 5.55. The zero-order valence-corrected chi connectivity index (χ0v) is 17.0. The lowest BCUT2D eigenvalue weighted by molar-refractivity contribution is 0.0603. The number of fused-ring (bicyclic) bond motifs is 1. The predicted octanol–water partition coefficient (Wildman–Crippen LogP) is 2.54. The van der Waals surface area contributed by atoms with Crippen LogP contribution in [0.3, 0.4) is 0 Å². The van der Waals surface area contributed by atoms with Crippen molar-refractivity contribution in [3.63, 3.8) is 0 Å². The molecule has 0 aliphatic heterocycles. The number of methoxy groups -OCH3 is 2. The van der Waals surface area contributed by atoms with Gasteiger partial charge in [-0.3, -0.25) is 13.7 Å². The molecule has 0 fully saturated rings. The monoisotopic (exact) mass is 416 g/mol. The number of hydrogen-bond donors (Lipinski definition) is 0. The minimum Gasteiger partial charge on any atom is -0.495 e. The molecular weight excluding hydrogens is 396 g/mol. The van der Waals surface area contributed by atoms with E-state index >= 15 is 0 Å². The molecule has 0 radical (unpaired) electrons. The second-order valence-corrected chi connectivity index (χ2v) is 8.16. The van der Waals surface area contributed by atoms with Crippen molar-refractivity contribution in [3.05, 3.63) is 60.3 Å². The molecule has 0 aliphatic rings. The maximum atomic E-state index is 13.1. The van der Waals surface area contributed by atoms with Crippen LogP contribution in [0.5, 0.6) is 5.75 Å². The Morgan fingerprint density at radius 2 is 1.69 bits per heavy atom. The highest BCUT2D eigenvalue weighted by molar-refractivity contribution is 7.92. The van der Waals surface area contributed by atoms with Crippen LogP contribution in [0.2, 0.25) is 0 Å². The van der Waals surface area contributed by atoms with Crippen molar-refractivity contribution >= 4 is 38.5 Å². The number of carbonyl (C=O) groups is 2. The van der Waals surface area contributed by atoms with Gasteiger partial charge in [-0.25, -0.2) is 13.2 Å². The van der Waals surface area contributed by atoms with Gasteiger partial charge < -0.3 is 9.47 Å². The minimum atomic E-state index is -3.79. The third-order valence-electron chi connectivity index (χ3n) is 4.42. The number of sulfonamides is 1. The Balaban J connectivity index is 2.07. The largest absolute Gasteiger partial charge is 0.495 e. The second-order valence-electron chi connectivity index (χ2n) is 6.26. The van der Waals surface area contributed by atoms with Gasteiger partial charge in [-0.2, -0.15) is 0 Å². The molecule has 2 aromatic carbocycles. The molecule has 0 N–H and O–H groups in total. The summed E-state index contributed by atoms with van der Waals surface area (Å²) in [6.45, 7) is -0.474. The van der Waals surface area contributed by atoms with Crippen molar-refractivity contribution in [1.29, 1.82) is 0 Å². The lowest BCUT2D eigenvalue weighted by atomic mass is 10.2. The molecule has 0 bridgehead atoms. The van der Waals surface area contributed by atoms with E-state index in [9.17, 15) is 18.0 Å². The average molecular weight is 416 g/mol. The maximum absolute atomic E-state index is 13.1. The zero-order chi connectivity index (χ0) is 21.2. The van der Waals surface area contributed by atoms with E-state index in [1.807, 2.05) is 0 Å². The number of nitrogens with zero attached hydrogens (tertiary/aromatic N) is 2. The number of benzene rings is 2.